The van der Waals surface area contributed by atoms with E-state index in [9.17, 15) is 28.1 Å². The number of carbonyl (C=O) groups excluding carboxylic acids is 2. The molecule has 12 heteroatoms. The van der Waals surface area contributed by atoms with E-state index >= 15 is 0 Å². The molecule has 0 aliphatic heterocycles. The molecule has 0 saturated carbocycles. The van der Waals surface area contributed by atoms with Gasteiger partial charge in [0, 0.05) is 11.6 Å². The van der Waals surface area contributed by atoms with E-state index in [1.807, 2.05) is 0 Å². The first-order chi connectivity index (χ1) is 15.7. The molecule has 3 aromatic carbocycles. The highest BCUT2D eigenvalue weighted by Gasteiger charge is 2.21. The van der Waals surface area contributed by atoms with Crippen LogP contribution in [0.1, 0.15) is 20.7 Å². The maximum atomic E-state index is 12.8. The van der Waals surface area contributed by atoms with E-state index in [2.05, 4.69) is 15.6 Å². The third-order valence-electron chi connectivity index (χ3n) is 4.39. The number of hydrazine groups is 1. The van der Waals surface area contributed by atoms with E-state index in [0.29, 0.717) is 5.75 Å². The summed E-state index contributed by atoms with van der Waals surface area (Å²) in [6.07, 6.45) is 0. The maximum Gasteiger partial charge on any atom is 0.282 e. The molecule has 170 valence electrons. The summed E-state index contributed by atoms with van der Waals surface area (Å²) in [7, 11) is -2.66. The highest BCUT2D eigenvalue weighted by Crippen LogP contribution is 2.26. The summed E-state index contributed by atoms with van der Waals surface area (Å²) in [6, 6.07) is 16.7. The predicted octanol–water partition coefficient (Wildman–Crippen LogP) is 2.48. The van der Waals surface area contributed by atoms with E-state index in [0.717, 1.165) is 12.1 Å². The minimum absolute atomic E-state index is 0.0687. The molecule has 0 atom stereocenters. The first-order valence-corrected chi connectivity index (χ1v) is 10.8. The van der Waals surface area contributed by atoms with Crippen molar-refractivity contribution in [1.82, 2.24) is 10.9 Å². The van der Waals surface area contributed by atoms with E-state index in [1.54, 1.807) is 18.2 Å². The number of ether oxygens (including phenoxy) is 1. The first kappa shape index (κ1) is 23.2. The lowest BCUT2D eigenvalue weighted by Gasteiger charge is -2.12. The lowest BCUT2D eigenvalue weighted by Crippen LogP contribution is -2.41. The minimum Gasteiger partial charge on any atom is -0.495 e. The predicted molar refractivity (Wildman–Crippen MR) is 118 cm³/mol. The van der Waals surface area contributed by atoms with Gasteiger partial charge in [-0.1, -0.05) is 30.3 Å². The SMILES string of the molecule is COc1ccccc1NS(=O)(=O)c1cccc(C(=O)NNC(=O)c2ccccc2[N+](=O)[O-])c1. The van der Waals surface area contributed by atoms with Crippen molar-refractivity contribution in [3.8, 4) is 5.75 Å². The number of nitrogens with zero attached hydrogens (tertiary/aromatic N) is 1. The van der Waals surface area contributed by atoms with E-state index < -0.39 is 32.4 Å². The van der Waals surface area contributed by atoms with Gasteiger partial charge in [-0.2, -0.15) is 0 Å². The zero-order valence-corrected chi connectivity index (χ0v) is 18.0. The van der Waals surface area contributed by atoms with Gasteiger partial charge < -0.3 is 4.74 Å². The molecular weight excluding hydrogens is 452 g/mol. The Morgan fingerprint density at radius 3 is 2.30 bits per heavy atom. The molecule has 0 bridgehead atoms. The van der Waals surface area contributed by atoms with Crippen LogP contribution in [0.2, 0.25) is 0 Å². The number of benzene rings is 3. The Balaban J connectivity index is 1.74. The molecule has 2 amide bonds. The summed E-state index contributed by atoms with van der Waals surface area (Å²) >= 11 is 0. The molecule has 11 nitrogen and oxygen atoms in total. The highest BCUT2D eigenvalue weighted by atomic mass is 32.2. The lowest BCUT2D eigenvalue weighted by atomic mass is 10.2. The van der Waals surface area contributed by atoms with Crippen molar-refractivity contribution in [2.45, 2.75) is 4.90 Å². The van der Waals surface area contributed by atoms with Crippen molar-refractivity contribution in [2.75, 3.05) is 11.8 Å². The van der Waals surface area contributed by atoms with Gasteiger partial charge in [-0.15, -0.1) is 0 Å². The van der Waals surface area contributed by atoms with Crippen molar-refractivity contribution >= 4 is 33.2 Å². The van der Waals surface area contributed by atoms with Crippen LogP contribution in [0.4, 0.5) is 11.4 Å². The van der Waals surface area contributed by atoms with E-state index in [-0.39, 0.29) is 21.7 Å². The molecule has 0 heterocycles. The van der Waals surface area contributed by atoms with Gasteiger partial charge in [-0.05, 0) is 36.4 Å². The van der Waals surface area contributed by atoms with Crippen LogP contribution in [-0.2, 0) is 10.0 Å². The Kier molecular flexibility index (Phi) is 6.88. The summed E-state index contributed by atoms with van der Waals surface area (Å²) in [5.41, 5.74) is 3.66. The lowest BCUT2D eigenvalue weighted by molar-refractivity contribution is -0.385. The molecule has 0 spiro atoms. The first-order valence-electron chi connectivity index (χ1n) is 9.33. The number of carbonyl (C=O) groups is 2. The number of methoxy groups -OCH3 is 1. The average molecular weight is 470 g/mol. The molecule has 3 N–H and O–H groups in total. The van der Waals surface area contributed by atoms with Crippen LogP contribution in [0.25, 0.3) is 0 Å². The molecule has 0 saturated heterocycles. The molecule has 3 rings (SSSR count). The summed E-state index contributed by atoms with van der Waals surface area (Å²) in [5.74, 6) is -1.42. The Bertz CT molecular complexity index is 1330. The Labute approximate surface area is 188 Å². The molecule has 0 unspecified atom stereocenters. The second-order valence-electron chi connectivity index (χ2n) is 6.52. The number of nitro benzene ring substituents is 1. The zero-order chi connectivity index (χ0) is 24.0. The Morgan fingerprint density at radius 1 is 0.909 bits per heavy atom. The Hall–Kier alpha value is -4.45. The third kappa shape index (κ3) is 5.43. The maximum absolute atomic E-state index is 12.8. The van der Waals surface area contributed by atoms with Gasteiger partial charge >= 0.3 is 0 Å². The normalized spacial score (nSPS) is 10.7. The van der Waals surface area contributed by atoms with Crippen molar-refractivity contribution < 1.29 is 27.7 Å². The average Bonchev–Trinajstić information content (AvgIpc) is 2.82. The number of nitro groups is 1. The fourth-order valence-corrected chi connectivity index (χ4v) is 3.93. The molecule has 0 aromatic heterocycles. The summed E-state index contributed by atoms with van der Waals surface area (Å²) in [5, 5.41) is 11.1. The second-order valence-corrected chi connectivity index (χ2v) is 8.20. The number of anilines is 1. The minimum atomic E-state index is -4.06. The van der Waals surface area contributed by atoms with Crippen molar-refractivity contribution in [3.63, 3.8) is 0 Å². The van der Waals surface area contributed by atoms with Crippen LogP contribution in [0.5, 0.6) is 5.75 Å². The zero-order valence-electron chi connectivity index (χ0n) is 17.1. The van der Waals surface area contributed by atoms with Gasteiger partial charge in [0.05, 0.1) is 22.6 Å². The van der Waals surface area contributed by atoms with E-state index in [1.165, 1.54) is 49.6 Å². The van der Waals surface area contributed by atoms with Gasteiger partial charge in [-0.3, -0.25) is 35.3 Å². The number of rotatable bonds is 7. The van der Waals surface area contributed by atoms with Crippen LogP contribution in [0, 0.1) is 10.1 Å². The standard InChI is InChI=1S/C21H18N4O7S/c1-32-19-12-5-3-10-17(19)24-33(30,31)15-8-6-7-14(13-15)20(26)22-23-21(27)16-9-2-4-11-18(16)25(28)29/h2-13,24H,1H3,(H,22,26)(H,23,27). The smallest absolute Gasteiger partial charge is 0.282 e. The Morgan fingerprint density at radius 2 is 1.58 bits per heavy atom. The van der Waals surface area contributed by atoms with Crippen molar-refractivity contribution in [1.29, 1.82) is 0 Å². The molecule has 0 fully saturated rings. The fourth-order valence-electron chi connectivity index (χ4n) is 2.82. The van der Waals surface area contributed by atoms with Gasteiger partial charge in [0.15, 0.2) is 0 Å². The van der Waals surface area contributed by atoms with Gasteiger partial charge in [0.1, 0.15) is 11.3 Å². The number of hydrogen-bond acceptors (Lipinski definition) is 7. The molecule has 3 aromatic rings. The number of amides is 2. The fraction of sp³-hybridized carbons (Fsp3) is 0.0476. The van der Waals surface area contributed by atoms with Gasteiger partial charge in [0.2, 0.25) is 0 Å². The number of sulfonamides is 1. The van der Waals surface area contributed by atoms with Gasteiger partial charge in [-0.25, -0.2) is 8.42 Å². The van der Waals surface area contributed by atoms with Crippen LogP contribution in [0.3, 0.4) is 0 Å². The second kappa shape index (κ2) is 9.78. The van der Waals surface area contributed by atoms with Crippen molar-refractivity contribution in [3.05, 3.63) is 94.0 Å². The monoisotopic (exact) mass is 470 g/mol. The topological polar surface area (TPSA) is 157 Å². The van der Waals surface area contributed by atoms with Crippen molar-refractivity contribution in [2.24, 2.45) is 0 Å². The highest BCUT2D eigenvalue weighted by molar-refractivity contribution is 7.92. The van der Waals surface area contributed by atoms with Crippen LogP contribution in [-0.4, -0.2) is 32.3 Å². The number of nitrogens with one attached hydrogen (secondary N) is 3. The van der Waals surface area contributed by atoms with Crippen LogP contribution in [0.15, 0.2) is 77.7 Å². The quantitative estimate of drug-likeness (QED) is 0.354. The van der Waals surface area contributed by atoms with Gasteiger partial charge in [0.25, 0.3) is 27.5 Å². The van der Waals surface area contributed by atoms with Crippen LogP contribution < -0.4 is 20.3 Å². The van der Waals surface area contributed by atoms with E-state index in [4.69, 9.17) is 4.74 Å². The largest absolute Gasteiger partial charge is 0.495 e. The number of para-hydroxylation sites is 3. The molecule has 0 radical (unpaired) electrons. The molecular formula is C21H18N4O7S. The molecule has 0 aliphatic carbocycles. The van der Waals surface area contributed by atoms with Crippen LogP contribution >= 0.6 is 0 Å². The summed E-state index contributed by atoms with van der Waals surface area (Å²) in [4.78, 5) is 34.8. The third-order valence-corrected chi connectivity index (χ3v) is 5.76. The molecule has 33 heavy (non-hydrogen) atoms. The summed E-state index contributed by atoms with van der Waals surface area (Å²) < 4.78 is 33.1. The number of hydrogen-bond donors (Lipinski definition) is 3. The molecule has 0 aliphatic rings. The summed E-state index contributed by atoms with van der Waals surface area (Å²) in [6.45, 7) is 0.